The molecule has 2 aliphatic rings. The Kier molecular flexibility index (Phi) is 6.50. The number of piperidine rings is 1. The monoisotopic (exact) mass is 359 g/mol. The highest BCUT2D eigenvalue weighted by Gasteiger charge is 2.23. The molecule has 2 heterocycles. The molecule has 3 rings (SSSR count). The molecule has 2 aliphatic heterocycles. The molecule has 142 valence electrons. The van der Waals surface area contributed by atoms with E-state index in [2.05, 4.69) is 17.0 Å². The van der Waals surface area contributed by atoms with Crippen LogP contribution in [0.4, 0.5) is 5.69 Å². The number of carbonyl (C=O) groups is 2. The van der Waals surface area contributed by atoms with E-state index in [1.54, 1.807) is 4.90 Å². The zero-order chi connectivity index (χ0) is 18.4. The van der Waals surface area contributed by atoms with Gasteiger partial charge in [-0.3, -0.25) is 9.59 Å². The first-order valence-corrected chi connectivity index (χ1v) is 9.60. The smallest absolute Gasteiger partial charge is 0.253 e. The minimum Gasteiger partial charge on any atom is -0.375 e. The number of hydrogen-bond donors (Lipinski definition) is 0. The summed E-state index contributed by atoms with van der Waals surface area (Å²) in [5.41, 5.74) is 1.93. The highest BCUT2D eigenvalue weighted by Crippen LogP contribution is 2.21. The molecule has 0 bridgehead atoms. The Hall–Kier alpha value is -2.08. The number of nitrogens with zero attached hydrogens (tertiary/aromatic N) is 3. The van der Waals surface area contributed by atoms with Crippen LogP contribution in [0.2, 0.25) is 0 Å². The van der Waals surface area contributed by atoms with E-state index in [9.17, 15) is 9.59 Å². The lowest BCUT2D eigenvalue weighted by molar-refractivity contribution is -0.135. The molecule has 0 spiro atoms. The highest BCUT2D eigenvalue weighted by atomic mass is 16.5. The van der Waals surface area contributed by atoms with Crippen LogP contribution in [0.15, 0.2) is 24.3 Å². The van der Waals surface area contributed by atoms with Crippen LogP contribution in [0.25, 0.3) is 0 Å². The third-order valence-corrected chi connectivity index (χ3v) is 5.24. The van der Waals surface area contributed by atoms with E-state index in [1.165, 1.54) is 32.1 Å². The van der Waals surface area contributed by atoms with Crippen LogP contribution in [0.1, 0.15) is 36.0 Å². The fourth-order valence-electron chi connectivity index (χ4n) is 3.73. The first kappa shape index (κ1) is 18.7. The van der Waals surface area contributed by atoms with E-state index in [-0.39, 0.29) is 18.4 Å². The average Bonchev–Trinajstić information content (AvgIpc) is 2.95. The largest absolute Gasteiger partial charge is 0.375 e. The Morgan fingerprint density at radius 1 is 0.846 bits per heavy atom. The SMILES string of the molecule is COCC(=O)N1CCCN(C(=O)c2ccc(N3CCCCC3)cc2)CC1. The van der Waals surface area contributed by atoms with Gasteiger partial charge in [0.15, 0.2) is 0 Å². The number of anilines is 1. The summed E-state index contributed by atoms with van der Waals surface area (Å²) in [7, 11) is 1.53. The summed E-state index contributed by atoms with van der Waals surface area (Å²) in [5, 5.41) is 0. The molecule has 26 heavy (non-hydrogen) atoms. The summed E-state index contributed by atoms with van der Waals surface area (Å²) in [4.78, 5) is 30.8. The molecule has 0 unspecified atom stereocenters. The summed E-state index contributed by atoms with van der Waals surface area (Å²) in [6.07, 6.45) is 4.60. The van der Waals surface area contributed by atoms with Crippen LogP contribution in [0, 0.1) is 0 Å². The Bertz CT molecular complexity index is 611. The van der Waals surface area contributed by atoms with Gasteiger partial charge in [-0.1, -0.05) is 0 Å². The Balaban J connectivity index is 1.59. The minimum atomic E-state index is -0.00677. The van der Waals surface area contributed by atoms with Gasteiger partial charge in [0, 0.05) is 57.6 Å². The third-order valence-electron chi connectivity index (χ3n) is 5.24. The molecule has 6 nitrogen and oxygen atoms in total. The predicted octanol–water partition coefficient (Wildman–Crippen LogP) is 2.00. The molecule has 2 fully saturated rings. The number of rotatable bonds is 4. The number of amides is 2. The van der Waals surface area contributed by atoms with Crippen LogP contribution >= 0.6 is 0 Å². The van der Waals surface area contributed by atoms with Gasteiger partial charge in [0.25, 0.3) is 5.91 Å². The summed E-state index contributed by atoms with van der Waals surface area (Å²) >= 11 is 0. The van der Waals surface area contributed by atoms with Crippen LogP contribution in [0.3, 0.4) is 0 Å². The quantitative estimate of drug-likeness (QED) is 0.825. The summed E-state index contributed by atoms with van der Waals surface area (Å²) < 4.78 is 4.93. The maximum absolute atomic E-state index is 12.8. The molecule has 1 aromatic carbocycles. The van der Waals surface area contributed by atoms with Gasteiger partial charge < -0.3 is 19.4 Å². The second-order valence-corrected chi connectivity index (χ2v) is 7.05. The maximum atomic E-state index is 12.8. The Morgan fingerprint density at radius 2 is 1.50 bits per heavy atom. The van der Waals surface area contributed by atoms with Gasteiger partial charge in [0.2, 0.25) is 5.91 Å². The fourth-order valence-corrected chi connectivity index (χ4v) is 3.73. The molecular formula is C20H29N3O3. The van der Waals surface area contributed by atoms with Crippen molar-refractivity contribution in [3.05, 3.63) is 29.8 Å². The molecule has 2 amide bonds. The molecule has 0 N–H and O–H groups in total. The normalized spacial score (nSPS) is 18.6. The lowest BCUT2D eigenvalue weighted by atomic mass is 10.1. The molecule has 0 saturated carbocycles. The van der Waals surface area contributed by atoms with E-state index in [0.29, 0.717) is 26.2 Å². The lowest BCUT2D eigenvalue weighted by Crippen LogP contribution is -2.38. The number of benzene rings is 1. The van der Waals surface area contributed by atoms with E-state index >= 15 is 0 Å². The van der Waals surface area contributed by atoms with Crippen molar-refractivity contribution < 1.29 is 14.3 Å². The molecule has 0 aliphatic carbocycles. The van der Waals surface area contributed by atoms with Gasteiger partial charge in [-0.2, -0.15) is 0 Å². The van der Waals surface area contributed by atoms with Gasteiger partial charge in [0.1, 0.15) is 6.61 Å². The van der Waals surface area contributed by atoms with E-state index in [4.69, 9.17) is 4.74 Å². The van der Waals surface area contributed by atoms with Gasteiger partial charge in [-0.15, -0.1) is 0 Å². The van der Waals surface area contributed by atoms with Crippen LogP contribution < -0.4 is 4.90 Å². The Morgan fingerprint density at radius 3 is 2.19 bits per heavy atom. The summed E-state index contributed by atoms with van der Waals surface area (Å²) in [6.45, 7) is 4.81. The zero-order valence-corrected chi connectivity index (χ0v) is 15.7. The second-order valence-electron chi connectivity index (χ2n) is 7.05. The maximum Gasteiger partial charge on any atom is 0.253 e. The van der Waals surface area contributed by atoms with Crippen molar-refractivity contribution in [1.29, 1.82) is 0 Å². The second kappa shape index (κ2) is 9.03. The number of methoxy groups -OCH3 is 1. The van der Waals surface area contributed by atoms with Gasteiger partial charge in [-0.25, -0.2) is 0 Å². The lowest BCUT2D eigenvalue weighted by Gasteiger charge is -2.29. The molecule has 2 saturated heterocycles. The number of hydrogen-bond acceptors (Lipinski definition) is 4. The Labute approximate surface area is 155 Å². The predicted molar refractivity (Wildman–Crippen MR) is 101 cm³/mol. The van der Waals surface area contributed by atoms with E-state index in [0.717, 1.165) is 25.1 Å². The van der Waals surface area contributed by atoms with Crippen molar-refractivity contribution in [1.82, 2.24) is 9.80 Å². The zero-order valence-electron chi connectivity index (χ0n) is 15.7. The molecule has 0 aromatic heterocycles. The standard InChI is InChI=1S/C20H29N3O3/c1-26-16-19(24)22-12-5-13-23(15-14-22)20(25)17-6-8-18(9-7-17)21-10-3-2-4-11-21/h6-9H,2-5,10-16H2,1H3. The van der Waals surface area contributed by atoms with Crippen molar-refractivity contribution in [3.8, 4) is 0 Å². The summed E-state index contributed by atoms with van der Waals surface area (Å²) in [5.74, 6) is 0.0453. The topological polar surface area (TPSA) is 53.1 Å². The first-order valence-electron chi connectivity index (χ1n) is 9.60. The molecular weight excluding hydrogens is 330 g/mol. The van der Waals surface area contributed by atoms with Crippen molar-refractivity contribution in [2.24, 2.45) is 0 Å². The van der Waals surface area contributed by atoms with Crippen LogP contribution in [-0.4, -0.2) is 74.6 Å². The van der Waals surface area contributed by atoms with Crippen LogP contribution in [0.5, 0.6) is 0 Å². The van der Waals surface area contributed by atoms with E-state index in [1.807, 2.05) is 17.0 Å². The van der Waals surface area contributed by atoms with Crippen LogP contribution in [-0.2, 0) is 9.53 Å². The van der Waals surface area contributed by atoms with Crippen molar-refractivity contribution in [3.63, 3.8) is 0 Å². The third kappa shape index (κ3) is 4.55. The van der Waals surface area contributed by atoms with Gasteiger partial charge in [-0.05, 0) is 49.9 Å². The molecule has 0 radical (unpaired) electrons. The molecule has 6 heteroatoms. The van der Waals surface area contributed by atoms with Crippen molar-refractivity contribution in [2.75, 3.05) is 57.9 Å². The minimum absolute atomic E-state index is 0.00677. The first-order chi connectivity index (χ1) is 12.7. The van der Waals surface area contributed by atoms with Crippen molar-refractivity contribution >= 4 is 17.5 Å². The van der Waals surface area contributed by atoms with Gasteiger partial charge in [0.05, 0.1) is 0 Å². The average molecular weight is 359 g/mol. The van der Waals surface area contributed by atoms with E-state index < -0.39 is 0 Å². The fraction of sp³-hybridized carbons (Fsp3) is 0.600. The van der Waals surface area contributed by atoms with Gasteiger partial charge >= 0.3 is 0 Å². The molecule has 1 aromatic rings. The molecule has 0 atom stereocenters. The van der Waals surface area contributed by atoms with Crippen molar-refractivity contribution in [2.45, 2.75) is 25.7 Å². The summed E-state index contributed by atoms with van der Waals surface area (Å²) in [6, 6.07) is 7.99. The number of carbonyl (C=O) groups excluding carboxylic acids is 2. The highest BCUT2D eigenvalue weighted by molar-refractivity contribution is 5.94. The number of ether oxygens (including phenoxy) is 1.